The highest BCUT2D eigenvalue weighted by Crippen LogP contribution is 2.22. The maximum absolute atomic E-state index is 6.01. The first-order chi connectivity index (χ1) is 8.16. The Balaban J connectivity index is 2.04. The van der Waals surface area contributed by atoms with Crippen LogP contribution in [0.2, 0.25) is 0 Å². The summed E-state index contributed by atoms with van der Waals surface area (Å²) in [5.41, 5.74) is 7.13. The van der Waals surface area contributed by atoms with Gasteiger partial charge in [0.2, 0.25) is 0 Å². The quantitative estimate of drug-likeness (QED) is 0.858. The third-order valence-electron chi connectivity index (χ3n) is 2.98. The van der Waals surface area contributed by atoms with Gasteiger partial charge in [0.15, 0.2) is 0 Å². The smallest absolute Gasteiger partial charge is 0.137 e. The van der Waals surface area contributed by atoms with E-state index < -0.39 is 0 Å². The zero-order chi connectivity index (χ0) is 12.3. The Morgan fingerprint density at radius 2 is 2.24 bits per heavy atom. The van der Waals surface area contributed by atoms with Gasteiger partial charge in [0, 0.05) is 38.5 Å². The Labute approximate surface area is 102 Å². The van der Waals surface area contributed by atoms with E-state index in [1.54, 1.807) is 0 Å². The predicted octanol–water partition coefficient (Wildman–Crippen LogP) is 1.25. The third-order valence-corrected chi connectivity index (χ3v) is 2.98. The maximum Gasteiger partial charge on any atom is 0.137 e. The monoisotopic (exact) mass is 236 g/mol. The normalized spacial score (nSPS) is 24.4. The molecule has 1 aromatic rings. The van der Waals surface area contributed by atoms with Crippen molar-refractivity contribution in [3.8, 4) is 5.75 Å². The Morgan fingerprint density at radius 3 is 2.94 bits per heavy atom. The van der Waals surface area contributed by atoms with Crippen LogP contribution in [0.3, 0.4) is 0 Å². The summed E-state index contributed by atoms with van der Waals surface area (Å²) in [6.07, 6.45) is 0.819. The molecule has 0 saturated carbocycles. The van der Waals surface area contributed by atoms with Gasteiger partial charge in [-0.2, -0.15) is 0 Å². The van der Waals surface area contributed by atoms with Crippen molar-refractivity contribution in [2.24, 2.45) is 5.73 Å². The van der Waals surface area contributed by atoms with E-state index in [0.29, 0.717) is 6.61 Å². The number of anilines is 1. The van der Waals surface area contributed by atoms with Crippen molar-refractivity contribution in [2.45, 2.75) is 18.6 Å². The molecule has 0 amide bonds. The molecular formula is C13H20N2O2. The predicted molar refractivity (Wildman–Crippen MR) is 68.6 cm³/mol. The van der Waals surface area contributed by atoms with Crippen LogP contribution in [-0.2, 0) is 4.74 Å². The molecular weight excluding hydrogens is 216 g/mol. The zero-order valence-corrected chi connectivity index (χ0v) is 10.4. The molecule has 4 nitrogen and oxygen atoms in total. The van der Waals surface area contributed by atoms with Crippen molar-refractivity contribution in [2.75, 3.05) is 32.2 Å². The first-order valence-electron chi connectivity index (χ1n) is 5.94. The summed E-state index contributed by atoms with van der Waals surface area (Å²) in [6.45, 7) is 1.31. The van der Waals surface area contributed by atoms with Gasteiger partial charge in [0.25, 0.3) is 0 Å². The second-order valence-electron chi connectivity index (χ2n) is 4.58. The molecule has 17 heavy (non-hydrogen) atoms. The van der Waals surface area contributed by atoms with Gasteiger partial charge in [-0.05, 0) is 18.6 Å². The molecule has 94 valence electrons. The van der Waals surface area contributed by atoms with Gasteiger partial charge in [0.1, 0.15) is 11.9 Å². The molecule has 4 heteroatoms. The summed E-state index contributed by atoms with van der Waals surface area (Å²) in [5, 5.41) is 0. The summed E-state index contributed by atoms with van der Waals surface area (Å²) in [6, 6.07) is 8.06. The molecule has 1 aromatic carbocycles. The van der Waals surface area contributed by atoms with Gasteiger partial charge in [0.05, 0.1) is 6.61 Å². The standard InChI is InChI=1S/C13H20N2O2/c1-15(2)10-4-3-5-11(8-10)17-13-9-16-7-6-12(13)14/h3-5,8,12-13H,6-7,9,14H2,1-2H3. The van der Waals surface area contributed by atoms with E-state index in [2.05, 4.69) is 0 Å². The van der Waals surface area contributed by atoms with E-state index in [1.807, 2.05) is 43.3 Å². The van der Waals surface area contributed by atoms with Crippen LogP contribution in [0.25, 0.3) is 0 Å². The van der Waals surface area contributed by atoms with Gasteiger partial charge in [-0.3, -0.25) is 0 Å². The molecule has 1 fully saturated rings. The number of nitrogens with two attached hydrogens (primary N) is 1. The van der Waals surface area contributed by atoms with Crippen molar-refractivity contribution >= 4 is 5.69 Å². The van der Waals surface area contributed by atoms with E-state index in [1.165, 1.54) is 0 Å². The second-order valence-corrected chi connectivity index (χ2v) is 4.58. The molecule has 1 heterocycles. The van der Waals surface area contributed by atoms with E-state index >= 15 is 0 Å². The molecule has 0 aliphatic carbocycles. The Morgan fingerprint density at radius 1 is 1.41 bits per heavy atom. The van der Waals surface area contributed by atoms with Crippen molar-refractivity contribution < 1.29 is 9.47 Å². The SMILES string of the molecule is CN(C)c1cccc(OC2COCCC2N)c1. The molecule has 2 unspecified atom stereocenters. The minimum atomic E-state index is -0.0406. The van der Waals surface area contributed by atoms with E-state index in [9.17, 15) is 0 Å². The Hall–Kier alpha value is -1.26. The molecule has 1 aliphatic heterocycles. The van der Waals surface area contributed by atoms with Gasteiger partial charge in [-0.15, -0.1) is 0 Å². The van der Waals surface area contributed by atoms with Crippen molar-refractivity contribution in [1.29, 1.82) is 0 Å². The van der Waals surface area contributed by atoms with Gasteiger partial charge < -0.3 is 20.1 Å². The molecule has 1 saturated heterocycles. The first kappa shape index (κ1) is 12.2. The number of hydrogen-bond acceptors (Lipinski definition) is 4. The number of rotatable bonds is 3. The van der Waals surface area contributed by atoms with E-state index in [0.717, 1.165) is 24.5 Å². The summed E-state index contributed by atoms with van der Waals surface area (Å²) in [4.78, 5) is 2.05. The van der Waals surface area contributed by atoms with Crippen LogP contribution in [0.15, 0.2) is 24.3 Å². The Kier molecular flexibility index (Phi) is 3.86. The van der Waals surface area contributed by atoms with Gasteiger partial charge in [-0.25, -0.2) is 0 Å². The van der Waals surface area contributed by atoms with E-state index in [4.69, 9.17) is 15.2 Å². The molecule has 0 spiro atoms. The van der Waals surface area contributed by atoms with Gasteiger partial charge in [-0.1, -0.05) is 6.07 Å². The van der Waals surface area contributed by atoms with Crippen molar-refractivity contribution in [3.63, 3.8) is 0 Å². The fourth-order valence-electron chi connectivity index (χ4n) is 1.86. The number of ether oxygens (including phenoxy) is 2. The first-order valence-corrected chi connectivity index (χ1v) is 5.94. The number of nitrogens with zero attached hydrogens (tertiary/aromatic N) is 1. The highest BCUT2D eigenvalue weighted by atomic mass is 16.5. The minimum absolute atomic E-state index is 0.0406. The van der Waals surface area contributed by atoms with Crippen LogP contribution in [0.4, 0.5) is 5.69 Å². The van der Waals surface area contributed by atoms with Crippen LogP contribution < -0.4 is 15.4 Å². The van der Waals surface area contributed by atoms with Crippen LogP contribution in [0.1, 0.15) is 6.42 Å². The lowest BCUT2D eigenvalue weighted by molar-refractivity contribution is -0.00529. The minimum Gasteiger partial charge on any atom is -0.486 e. The molecule has 2 N–H and O–H groups in total. The molecule has 2 rings (SSSR count). The zero-order valence-electron chi connectivity index (χ0n) is 10.4. The fourth-order valence-corrected chi connectivity index (χ4v) is 1.86. The van der Waals surface area contributed by atoms with Crippen LogP contribution in [0, 0.1) is 0 Å². The number of benzene rings is 1. The summed E-state index contributed by atoms with van der Waals surface area (Å²) < 4.78 is 11.3. The molecule has 1 aliphatic rings. The maximum atomic E-state index is 6.01. The Bertz CT molecular complexity index is 368. The third kappa shape index (κ3) is 3.11. The molecule has 0 bridgehead atoms. The highest BCUT2D eigenvalue weighted by molar-refractivity contribution is 5.49. The summed E-state index contributed by atoms with van der Waals surface area (Å²) in [7, 11) is 4.02. The second kappa shape index (κ2) is 5.38. The average molecular weight is 236 g/mol. The van der Waals surface area contributed by atoms with Gasteiger partial charge >= 0.3 is 0 Å². The lowest BCUT2D eigenvalue weighted by Gasteiger charge is -2.29. The fraction of sp³-hybridized carbons (Fsp3) is 0.538. The molecule has 0 radical (unpaired) electrons. The summed E-state index contributed by atoms with van der Waals surface area (Å²) in [5.74, 6) is 0.849. The molecule has 0 aromatic heterocycles. The van der Waals surface area contributed by atoms with Crippen LogP contribution >= 0.6 is 0 Å². The van der Waals surface area contributed by atoms with Crippen molar-refractivity contribution in [1.82, 2.24) is 0 Å². The highest BCUT2D eigenvalue weighted by Gasteiger charge is 2.24. The van der Waals surface area contributed by atoms with E-state index in [-0.39, 0.29) is 12.1 Å². The lowest BCUT2D eigenvalue weighted by atomic mass is 10.1. The largest absolute Gasteiger partial charge is 0.486 e. The lowest BCUT2D eigenvalue weighted by Crippen LogP contribution is -2.46. The topological polar surface area (TPSA) is 47.7 Å². The van der Waals surface area contributed by atoms with Crippen LogP contribution in [-0.4, -0.2) is 39.5 Å². The average Bonchev–Trinajstić information content (AvgIpc) is 2.32. The summed E-state index contributed by atoms with van der Waals surface area (Å²) >= 11 is 0. The van der Waals surface area contributed by atoms with Crippen molar-refractivity contribution in [3.05, 3.63) is 24.3 Å². The number of hydrogen-bond donors (Lipinski definition) is 1. The van der Waals surface area contributed by atoms with Crippen LogP contribution in [0.5, 0.6) is 5.75 Å². The molecule has 2 atom stereocenters.